The maximum absolute atomic E-state index is 13.5. The molecule has 1 N–H and O–H groups in total. The van der Waals surface area contributed by atoms with Crippen LogP contribution in [0.4, 0.5) is 0 Å². The van der Waals surface area contributed by atoms with Crippen LogP contribution in [0.15, 0.2) is 12.2 Å². The molecule has 216 valence electrons. The third-order valence-corrected chi connectivity index (χ3v) is 13.2. The van der Waals surface area contributed by atoms with Gasteiger partial charge in [-0.15, -0.1) is 0 Å². The van der Waals surface area contributed by atoms with E-state index < -0.39 is 29.0 Å². The van der Waals surface area contributed by atoms with Crippen molar-refractivity contribution in [3.8, 4) is 0 Å². The van der Waals surface area contributed by atoms with Gasteiger partial charge in [0.1, 0.15) is 29.0 Å². The Kier molecular flexibility index (Phi) is 5.41. The number of aliphatic hydroxyl groups is 1. The molecule has 0 amide bonds. The molecule has 7 rings (SSSR count). The molecule has 7 aliphatic rings. The van der Waals surface area contributed by atoms with Gasteiger partial charge in [-0.3, -0.25) is 9.59 Å². The van der Waals surface area contributed by atoms with Gasteiger partial charge in [0.15, 0.2) is 12.1 Å². The minimum absolute atomic E-state index is 0.0321. The Morgan fingerprint density at radius 1 is 1.21 bits per heavy atom. The van der Waals surface area contributed by atoms with Crippen LogP contribution in [0, 0.1) is 40.4 Å². The van der Waals surface area contributed by atoms with Crippen molar-refractivity contribution < 1.29 is 38.4 Å². The van der Waals surface area contributed by atoms with Crippen molar-refractivity contribution in [3.63, 3.8) is 0 Å². The zero-order chi connectivity index (χ0) is 27.9. The molecule has 6 fully saturated rings. The molecule has 0 radical (unpaired) electrons. The monoisotopic (exact) mass is 544 g/mol. The van der Waals surface area contributed by atoms with Crippen LogP contribution in [-0.4, -0.2) is 71.5 Å². The molecule has 3 aliphatic heterocycles. The van der Waals surface area contributed by atoms with Gasteiger partial charge in [0.2, 0.25) is 0 Å². The second kappa shape index (κ2) is 7.94. The summed E-state index contributed by atoms with van der Waals surface area (Å²) in [5, 5.41) is 11.0. The highest BCUT2D eigenvalue weighted by Crippen LogP contribution is 2.73. The number of ether oxygens (including phenoxy) is 5. The van der Waals surface area contributed by atoms with Gasteiger partial charge in [0.25, 0.3) is 0 Å². The van der Waals surface area contributed by atoms with Crippen molar-refractivity contribution >= 4 is 11.8 Å². The summed E-state index contributed by atoms with van der Waals surface area (Å²) in [7, 11) is 1.68. The molecule has 4 aliphatic carbocycles. The Morgan fingerprint density at radius 3 is 2.64 bits per heavy atom. The Morgan fingerprint density at radius 2 is 1.95 bits per heavy atom. The first-order chi connectivity index (χ1) is 18.3. The quantitative estimate of drug-likeness (QED) is 0.423. The number of methoxy groups -OCH3 is 1. The average molecular weight is 545 g/mol. The lowest BCUT2D eigenvalue weighted by Crippen LogP contribution is -2.64. The average Bonchev–Trinajstić information content (AvgIpc) is 3.71. The van der Waals surface area contributed by atoms with Crippen LogP contribution in [0.25, 0.3) is 0 Å². The number of epoxide rings is 2. The highest BCUT2D eigenvalue weighted by atomic mass is 16.7. The molecule has 1 spiro atoms. The summed E-state index contributed by atoms with van der Waals surface area (Å²) in [6, 6.07) is 0. The second-order valence-corrected chi connectivity index (χ2v) is 14.6. The van der Waals surface area contributed by atoms with Crippen LogP contribution < -0.4 is 0 Å². The van der Waals surface area contributed by atoms with Crippen LogP contribution in [0.1, 0.15) is 73.6 Å². The van der Waals surface area contributed by atoms with E-state index in [2.05, 4.69) is 27.7 Å². The molecular weight excluding hydrogens is 500 g/mol. The summed E-state index contributed by atoms with van der Waals surface area (Å²) in [6.45, 7) is 12.4. The first-order valence-corrected chi connectivity index (χ1v) is 14.9. The van der Waals surface area contributed by atoms with Gasteiger partial charge in [0.05, 0.1) is 17.6 Å². The van der Waals surface area contributed by atoms with Crippen molar-refractivity contribution in [2.75, 3.05) is 7.11 Å². The highest BCUT2D eigenvalue weighted by molar-refractivity contribution is 5.98. The van der Waals surface area contributed by atoms with Gasteiger partial charge < -0.3 is 28.8 Å². The fourth-order valence-corrected chi connectivity index (χ4v) is 11.0. The Bertz CT molecular complexity index is 1140. The van der Waals surface area contributed by atoms with E-state index in [9.17, 15) is 14.7 Å². The predicted molar refractivity (Wildman–Crippen MR) is 139 cm³/mol. The fraction of sp³-hybridized carbons (Fsp3) is 0.871. The van der Waals surface area contributed by atoms with E-state index in [4.69, 9.17) is 23.7 Å². The Balaban J connectivity index is 1.22. The van der Waals surface area contributed by atoms with Gasteiger partial charge in [-0.1, -0.05) is 13.8 Å². The summed E-state index contributed by atoms with van der Waals surface area (Å²) >= 11 is 0. The minimum Gasteiger partial charge on any atom is -0.462 e. The molecule has 3 heterocycles. The van der Waals surface area contributed by atoms with Crippen molar-refractivity contribution in [3.05, 3.63) is 12.2 Å². The van der Waals surface area contributed by atoms with Gasteiger partial charge in [-0.05, 0) is 87.7 Å². The van der Waals surface area contributed by atoms with Crippen LogP contribution in [0.2, 0.25) is 0 Å². The van der Waals surface area contributed by atoms with E-state index in [1.54, 1.807) is 19.3 Å². The third-order valence-electron chi connectivity index (χ3n) is 13.2. The summed E-state index contributed by atoms with van der Waals surface area (Å²) in [5.41, 5.74) is -2.36. The van der Waals surface area contributed by atoms with Crippen molar-refractivity contribution in [1.29, 1.82) is 0 Å². The number of carbonyl (C=O) groups excluding carboxylic acids is 2. The molecule has 8 nitrogen and oxygen atoms in total. The second-order valence-electron chi connectivity index (χ2n) is 14.6. The standard InChI is InChI=1S/C31H44O8/c1-15(21-14-28(4)30(6,39-28)26(35-7)37-21)19-13-20(36-16(2)32)25-17-12-24-31(38-24)23(34)9-8-22(33)29(31,5)18(17)10-11-27(19,25)3/h8-9,15,17-21,23-26,34H,10-14H2,1-7H3/t15-,17+,18-,19+,20-,21+,23-,24+,25+,26+,27+,28-,29-,30+,31+/m0/s1. The normalized spacial score (nSPS) is 59.3. The Hall–Kier alpha value is -1.32. The van der Waals surface area contributed by atoms with E-state index in [1.807, 2.05) is 6.92 Å². The lowest BCUT2D eigenvalue weighted by Gasteiger charge is -2.58. The molecule has 8 heteroatoms. The van der Waals surface area contributed by atoms with E-state index in [0.29, 0.717) is 0 Å². The third kappa shape index (κ3) is 3.08. The van der Waals surface area contributed by atoms with E-state index >= 15 is 0 Å². The lowest BCUT2D eigenvalue weighted by atomic mass is 9.44. The zero-order valence-corrected chi connectivity index (χ0v) is 24.3. The first kappa shape index (κ1) is 26.6. The first-order valence-electron chi connectivity index (χ1n) is 14.9. The molecule has 15 atom stereocenters. The van der Waals surface area contributed by atoms with Crippen molar-refractivity contribution in [2.45, 2.75) is 121 Å². The molecule has 0 bridgehead atoms. The number of rotatable bonds is 4. The molecule has 3 saturated heterocycles. The smallest absolute Gasteiger partial charge is 0.302 e. The zero-order valence-electron chi connectivity index (χ0n) is 24.3. The van der Waals surface area contributed by atoms with Gasteiger partial charge in [-0.2, -0.15) is 0 Å². The summed E-state index contributed by atoms with van der Waals surface area (Å²) in [5.74, 6) is 0.627. The number of hydrogen-bond acceptors (Lipinski definition) is 8. The molecule has 3 saturated carbocycles. The predicted octanol–water partition coefficient (Wildman–Crippen LogP) is 3.58. The minimum atomic E-state index is -0.812. The number of hydrogen-bond donors (Lipinski definition) is 1. The lowest BCUT2D eigenvalue weighted by molar-refractivity contribution is -0.217. The van der Waals surface area contributed by atoms with Gasteiger partial charge in [0, 0.05) is 26.4 Å². The van der Waals surface area contributed by atoms with E-state index in [1.165, 1.54) is 6.92 Å². The van der Waals surface area contributed by atoms with Crippen molar-refractivity contribution in [2.24, 2.45) is 40.4 Å². The van der Waals surface area contributed by atoms with Crippen LogP contribution in [-0.2, 0) is 33.3 Å². The number of allylic oxidation sites excluding steroid dienone is 1. The maximum atomic E-state index is 13.5. The SMILES string of the molecule is CO[C@@H]1O[C@@H]([C@@H](C)[C@H]2C[C@H](OC(C)=O)[C@H]3[C@@H]4C[C@H]5O[C@]56[C@@H](O)C=CC(=O)[C@]6(C)[C@H]4CC[C@@]32C)C[C@]2(C)O[C@]12C. The number of carbonyl (C=O) groups is 2. The molecule has 0 aromatic rings. The van der Waals surface area contributed by atoms with Crippen LogP contribution in [0.3, 0.4) is 0 Å². The van der Waals surface area contributed by atoms with Gasteiger partial charge >= 0.3 is 5.97 Å². The van der Waals surface area contributed by atoms with Crippen LogP contribution in [0.5, 0.6) is 0 Å². The number of ketones is 1. The molecule has 39 heavy (non-hydrogen) atoms. The van der Waals surface area contributed by atoms with Gasteiger partial charge in [-0.25, -0.2) is 0 Å². The fourth-order valence-electron chi connectivity index (χ4n) is 11.0. The summed E-state index contributed by atoms with van der Waals surface area (Å²) in [6.07, 6.45) is 5.78. The molecule has 0 unspecified atom stereocenters. The van der Waals surface area contributed by atoms with E-state index in [-0.39, 0.29) is 70.7 Å². The largest absolute Gasteiger partial charge is 0.462 e. The number of esters is 1. The number of fused-ring (bicyclic) bond motifs is 5. The van der Waals surface area contributed by atoms with Crippen LogP contribution >= 0.6 is 0 Å². The topological polar surface area (TPSA) is 107 Å². The summed E-state index contributed by atoms with van der Waals surface area (Å²) < 4.78 is 30.9. The summed E-state index contributed by atoms with van der Waals surface area (Å²) in [4.78, 5) is 25.9. The molecular formula is C31H44O8. The molecule has 0 aromatic heterocycles. The van der Waals surface area contributed by atoms with E-state index in [0.717, 1.165) is 32.1 Å². The highest BCUT2D eigenvalue weighted by Gasteiger charge is 2.81. The Labute approximate surface area is 231 Å². The molecule has 0 aromatic carbocycles. The van der Waals surface area contributed by atoms with Crippen molar-refractivity contribution in [1.82, 2.24) is 0 Å². The maximum Gasteiger partial charge on any atom is 0.302 e. The number of aliphatic hydroxyl groups excluding tert-OH is 1.